The van der Waals surface area contributed by atoms with Gasteiger partial charge in [0.15, 0.2) is 0 Å². The normalized spacial score (nSPS) is 11.3. The summed E-state index contributed by atoms with van der Waals surface area (Å²) in [6, 6.07) is 7.28. The van der Waals surface area contributed by atoms with Gasteiger partial charge in [0, 0.05) is 36.1 Å². The van der Waals surface area contributed by atoms with E-state index < -0.39 is 5.82 Å². The van der Waals surface area contributed by atoms with Crippen molar-refractivity contribution < 1.29 is 9.50 Å². The van der Waals surface area contributed by atoms with Crippen molar-refractivity contribution in [3.05, 3.63) is 58.8 Å². The topological polar surface area (TPSA) is 143 Å². The van der Waals surface area contributed by atoms with Gasteiger partial charge in [-0.1, -0.05) is 11.6 Å². The van der Waals surface area contributed by atoms with Crippen molar-refractivity contribution >= 4 is 46.6 Å². The molecule has 0 amide bonds. The van der Waals surface area contributed by atoms with Crippen molar-refractivity contribution in [2.45, 2.75) is 13.0 Å². The molecule has 0 saturated heterocycles. The Morgan fingerprint density at radius 2 is 1.94 bits per heavy atom. The Bertz CT molecular complexity index is 1130. The molecule has 2 heterocycles. The van der Waals surface area contributed by atoms with Gasteiger partial charge in [-0.25, -0.2) is 19.3 Å². The van der Waals surface area contributed by atoms with E-state index >= 15 is 0 Å². The van der Waals surface area contributed by atoms with E-state index in [1.807, 2.05) is 6.07 Å². The van der Waals surface area contributed by atoms with E-state index in [2.05, 4.69) is 30.9 Å². The number of aliphatic hydroxyl groups is 1. The van der Waals surface area contributed by atoms with Crippen LogP contribution in [0.1, 0.15) is 18.1 Å². The van der Waals surface area contributed by atoms with Crippen LogP contribution in [0.3, 0.4) is 0 Å². The van der Waals surface area contributed by atoms with Gasteiger partial charge < -0.3 is 26.5 Å². The molecule has 158 valence electrons. The molecule has 3 rings (SSSR count). The van der Waals surface area contributed by atoms with Crippen LogP contribution in [0.25, 0.3) is 0 Å². The van der Waals surface area contributed by atoms with Gasteiger partial charge in [0.2, 0.25) is 0 Å². The zero-order chi connectivity index (χ0) is 22.4. The lowest BCUT2D eigenvalue weighted by Crippen LogP contribution is -2.20. The maximum Gasteiger partial charge on any atom is 0.149 e. The summed E-state index contributed by atoms with van der Waals surface area (Å²) >= 11 is 6.12. The third-order valence-corrected chi connectivity index (χ3v) is 4.41. The standard InChI is InChI=1S/C20H18ClFN8O/c1-11(9-31)28-18-5-19(27-10-26-18)30-17-4-16(13(7-24)8-25-17)29-20-14(21)2-12(6-23)3-15(20)22/h2-5,7-8,10-11,24,31H,9H2,1H3,(H3,25,26,27,28,29,30)/t11-/m1/s1. The van der Waals surface area contributed by atoms with E-state index in [4.69, 9.17) is 27.4 Å². The first-order valence-electron chi connectivity index (χ1n) is 9.06. The molecule has 0 radical (unpaired) electrons. The van der Waals surface area contributed by atoms with E-state index in [1.54, 1.807) is 19.1 Å². The van der Waals surface area contributed by atoms with Crippen LogP contribution >= 0.6 is 11.6 Å². The van der Waals surface area contributed by atoms with Crippen molar-refractivity contribution in [2.24, 2.45) is 0 Å². The second-order valence-corrected chi connectivity index (χ2v) is 6.90. The Kier molecular flexibility index (Phi) is 6.92. The van der Waals surface area contributed by atoms with Crippen LogP contribution in [0.15, 0.2) is 36.8 Å². The van der Waals surface area contributed by atoms with Crippen LogP contribution in [0, 0.1) is 22.6 Å². The van der Waals surface area contributed by atoms with Gasteiger partial charge in [0.05, 0.1) is 34.6 Å². The highest BCUT2D eigenvalue weighted by molar-refractivity contribution is 6.33. The average molecular weight is 441 g/mol. The van der Waals surface area contributed by atoms with Crippen LogP contribution in [-0.4, -0.2) is 38.9 Å². The fourth-order valence-electron chi connectivity index (χ4n) is 2.58. The number of anilines is 5. The average Bonchev–Trinajstić information content (AvgIpc) is 2.76. The number of rotatable bonds is 8. The summed E-state index contributed by atoms with van der Waals surface area (Å²) in [6.07, 6.45) is 3.85. The lowest BCUT2D eigenvalue weighted by molar-refractivity contribution is 0.281. The van der Waals surface area contributed by atoms with Crippen molar-refractivity contribution in [3.63, 3.8) is 0 Å². The quantitative estimate of drug-likeness (QED) is 0.333. The minimum atomic E-state index is -0.698. The van der Waals surface area contributed by atoms with Gasteiger partial charge in [0.25, 0.3) is 0 Å². The first-order valence-corrected chi connectivity index (χ1v) is 9.44. The first-order chi connectivity index (χ1) is 14.9. The van der Waals surface area contributed by atoms with E-state index in [0.29, 0.717) is 28.7 Å². The highest BCUT2D eigenvalue weighted by atomic mass is 35.5. The number of nitrogens with one attached hydrogen (secondary N) is 4. The third-order valence-electron chi connectivity index (χ3n) is 4.11. The molecule has 0 aliphatic heterocycles. The number of pyridine rings is 1. The molecule has 11 heteroatoms. The molecular formula is C20H18ClFN8O. The number of hydrogen-bond acceptors (Lipinski definition) is 9. The first kappa shape index (κ1) is 21.9. The Labute approximate surface area is 182 Å². The Morgan fingerprint density at radius 1 is 1.19 bits per heavy atom. The molecule has 0 saturated carbocycles. The summed E-state index contributed by atoms with van der Waals surface area (Å²) in [5, 5.41) is 34.6. The Morgan fingerprint density at radius 3 is 2.61 bits per heavy atom. The largest absolute Gasteiger partial charge is 0.394 e. The van der Waals surface area contributed by atoms with Crippen LogP contribution in [0.2, 0.25) is 5.02 Å². The number of halogens is 2. The summed E-state index contributed by atoms with van der Waals surface area (Å²) in [6.45, 7) is 1.75. The van der Waals surface area contributed by atoms with Crippen LogP contribution in [-0.2, 0) is 0 Å². The van der Waals surface area contributed by atoms with Crippen LogP contribution in [0.4, 0.5) is 33.2 Å². The fraction of sp³-hybridized carbons (Fsp3) is 0.150. The molecular weight excluding hydrogens is 423 g/mol. The molecule has 0 aliphatic rings. The summed E-state index contributed by atoms with van der Waals surface area (Å²) in [5.41, 5.74) is 0.847. The maximum atomic E-state index is 14.4. The molecule has 9 nitrogen and oxygen atoms in total. The highest BCUT2D eigenvalue weighted by Gasteiger charge is 2.13. The third kappa shape index (κ3) is 5.42. The fourth-order valence-corrected chi connectivity index (χ4v) is 2.84. The van der Waals surface area contributed by atoms with Crippen molar-refractivity contribution in [3.8, 4) is 6.07 Å². The summed E-state index contributed by atoms with van der Waals surface area (Å²) in [5.74, 6) is 0.625. The van der Waals surface area contributed by atoms with E-state index in [-0.39, 0.29) is 28.9 Å². The second-order valence-electron chi connectivity index (χ2n) is 6.49. The summed E-state index contributed by atoms with van der Waals surface area (Å²) in [4.78, 5) is 12.5. The second kappa shape index (κ2) is 9.80. The van der Waals surface area contributed by atoms with Gasteiger partial charge in [0.1, 0.15) is 29.6 Å². The molecule has 0 aliphatic carbocycles. The minimum absolute atomic E-state index is 0.0209. The molecule has 0 bridgehead atoms. The minimum Gasteiger partial charge on any atom is -0.394 e. The van der Waals surface area contributed by atoms with Gasteiger partial charge in [-0.3, -0.25) is 0 Å². The number of nitriles is 1. The van der Waals surface area contributed by atoms with Crippen LogP contribution < -0.4 is 16.0 Å². The number of aliphatic hydroxyl groups excluding tert-OH is 1. The van der Waals surface area contributed by atoms with E-state index in [9.17, 15) is 4.39 Å². The molecule has 3 aromatic rings. The zero-order valence-electron chi connectivity index (χ0n) is 16.3. The number of benzene rings is 1. The lowest BCUT2D eigenvalue weighted by Gasteiger charge is -2.14. The molecule has 2 aromatic heterocycles. The van der Waals surface area contributed by atoms with Gasteiger partial charge in [-0.15, -0.1) is 0 Å². The summed E-state index contributed by atoms with van der Waals surface area (Å²) in [7, 11) is 0. The predicted octanol–water partition coefficient (Wildman–Crippen LogP) is 3.81. The maximum absolute atomic E-state index is 14.4. The van der Waals surface area contributed by atoms with Gasteiger partial charge >= 0.3 is 0 Å². The number of nitrogens with zero attached hydrogens (tertiary/aromatic N) is 4. The molecule has 5 N–H and O–H groups in total. The monoisotopic (exact) mass is 440 g/mol. The van der Waals surface area contributed by atoms with Crippen molar-refractivity contribution in [1.29, 1.82) is 10.7 Å². The van der Waals surface area contributed by atoms with E-state index in [0.717, 1.165) is 12.3 Å². The lowest BCUT2D eigenvalue weighted by atomic mass is 10.2. The van der Waals surface area contributed by atoms with Gasteiger partial charge in [-0.2, -0.15) is 5.26 Å². The van der Waals surface area contributed by atoms with E-state index in [1.165, 1.54) is 18.6 Å². The molecule has 1 atom stereocenters. The highest BCUT2D eigenvalue weighted by Crippen LogP contribution is 2.31. The van der Waals surface area contributed by atoms with Crippen molar-refractivity contribution in [2.75, 3.05) is 22.6 Å². The molecule has 0 unspecified atom stereocenters. The Hall–Kier alpha value is -3.81. The zero-order valence-corrected chi connectivity index (χ0v) is 17.1. The summed E-state index contributed by atoms with van der Waals surface area (Å²) < 4.78 is 14.4. The molecule has 0 spiro atoms. The van der Waals surface area contributed by atoms with Crippen molar-refractivity contribution in [1.82, 2.24) is 15.0 Å². The van der Waals surface area contributed by atoms with Gasteiger partial charge in [-0.05, 0) is 19.1 Å². The SMILES string of the molecule is C[C@H](CO)Nc1cc(Nc2cc(Nc3c(F)cc(C#N)cc3Cl)c(C=N)cn2)ncn1. The Balaban J connectivity index is 1.88. The molecule has 0 fully saturated rings. The number of aromatic nitrogens is 3. The smallest absolute Gasteiger partial charge is 0.149 e. The number of hydrogen-bond donors (Lipinski definition) is 5. The molecule has 31 heavy (non-hydrogen) atoms. The predicted molar refractivity (Wildman–Crippen MR) is 117 cm³/mol. The molecule has 1 aromatic carbocycles. The van der Waals surface area contributed by atoms with Crippen LogP contribution in [0.5, 0.6) is 0 Å².